The van der Waals surface area contributed by atoms with Gasteiger partial charge >= 0.3 is 0 Å². The van der Waals surface area contributed by atoms with Crippen LogP contribution in [0.5, 0.6) is 11.5 Å². The second-order valence-corrected chi connectivity index (χ2v) is 5.77. The van der Waals surface area contributed by atoms with E-state index in [1.807, 2.05) is 12.1 Å². The summed E-state index contributed by atoms with van der Waals surface area (Å²) in [5.74, 6) is 0.555. The van der Waals surface area contributed by atoms with Crippen molar-refractivity contribution in [2.75, 3.05) is 7.11 Å². The number of aromatic nitrogens is 3. The minimum Gasteiger partial charge on any atom is -0.545 e. The maximum Gasteiger partial charge on any atom is 0.216 e. The van der Waals surface area contributed by atoms with E-state index in [0.29, 0.717) is 27.7 Å². The van der Waals surface area contributed by atoms with E-state index in [2.05, 4.69) is 15.3 Å². The molecule has 0 fully saturated rings. The molecule has 0 unspecified atom stereocenters. The van der Waals surface area contributed by atoms with Crippen LogP contribution in [0.1, 0.15) is 21.7 Å². The molecule has 1 heterocycles. The first-order chi connectivity index (χ1) is 13.1. The van der Waals surface area contributed by atoms with Crippen LogP contribution in [-0.2, 0) is 6.61 Å². The Bertz CT molecular complexity index is 1020. The van der Waals surface area contributed by atoms with Gasteiger partial charge in [-0.2, -0.15) is 14.9 Å². The monoisotopic (exact) mass is 383 g/mol. The van der Waals surface area contributed by atoms with Crippen molar-refractivity contribution in [1.29, 1.82) is 0 Å². The average Bonchev–Trinajstić information content (AvgIpc) is 3.04. The van der Waals surface area contributed by atoms with Gasteiger partial charge in [-0.3, -0.25) is 0 Å². The number of nitrogens with one attached hydrogen (secondary N) is 1. The van der Waals surface area contributed by atoms with E-state index in [1.165, 1.54) is 16.8 Å². The van der Waals surface area contributed by atoms with E-state index in [9.17, 15) is 9.90 Å². The Labute approximate surface area is 159 Å². The summed E-state index contributed by atoms with van der Waals surface area (Å²) in [6, 6.07) is 13.3. The molecule has 0 saturated heterocycles. The van der Waals surface area contributed by atoms with Gasteiger partial charge in [0, 0.05) is 6.07 Å². The molecule has 0 radical (unpaired) electrons. The van der Waals surface area contributed by atoms with Crippen molar-refractivity contribution in [1.82, 2.24) is 14.9 Å². The first-order valence-electron chi connectivity index (χ1n) is 7.86. The number of nitrogens with zero attached hydrogens (tertiary/aromatic N) is 3. The van der Waals surface area contributed by atoms with Gasteiger partial charge in [0.15, 0.2) is 5.82 Å². The van der Waals surface area contributed by atoms with Gasteiger partial charge in [0.2, 0.25) is 4.77 Å². The summed E-state index contributed by atoms with van der Waals surface area (Å²) < 4.78 is 12.6. The molecule has 1 aromatic heterocycles. The molecule has 138 valence electrons. The van der Waals surface area contributed by atoms with Crippen LogP contribution >= 0.6 is 12.2 Å². The Morgan fingerprint density at radius 3 is 2.74 bits per heavy atom. The lowest BCUT2D eigenvalue weighted by atomic mass is 10.1. The molecule has 1 N–H and O–H groups in total. The van der Waals surface area contributed by atoms with Crippen LogP contribution in [0.4, 0.5) is 0 Å². The van der Waals surface area contributed by atoms with Gasteiger partial charge in [0.25, 0.3) is 0 Å². The van der Waals surface area contributed by atoms with Crippen molar-refractivity contribution >= 4 is 24.4 Å². The minimum absolute atomic E-state index is 0.0967. The van der Waals surface area contributed by atoms with Crippen molar-refractivity contribution in [3.63, 3.8) is 0 Å². The third-order valence-corrected chi connectivity index (χ3v) is 3.86. The summed E-state index contributed by atoms with van der Waals surface area (Å²) in [7, 11) is 1.58. The number of hydrogen-bond donors (Lipinski definition) is 1. The fourth-order valence-corrected chi connectivity index (χ4v) is 2.40. The molecule has 0 aliphatic carbocycles. The van der Waals surface area contributed by atoms with Crippen LogP contribution in [-0.4, -0.2) is 34.2 Å². The number of carboxylic acid groups (broad SMARTS) is 1. The number of benzene rings is 2. The molecular formula is C18H15N4O4S-. The van der Waals surface area contributed by atoms with Gasteiger partial charge < -0.3 is 19.4 Å². The first kappa shape index (κ1) is 18.3. The average molecular weight is 383 g/mol. The number of carbonyl (C=O) groups excluding carboxylic acids is 1. The van der Waals surface area contributed by atoms with Crippen LogP contribution < -0.4 is 14.6 Å². The SMILES string of the molecule is COc1cccc(OCc2n[nH]c(=S)n2/N=C\c2ccc(C(=O)[O-])cc2)c1. The van der Waals surface area contributed by atoms with E-state index in [0.717, 1.165) is 0 Å². The standard InChI is InChI=1S/C18H16N4O4S/c1-25-14-3-2-4-15(9-14)26-11-16-20-21-18(27)22(16)19-10-12-5-7-13(8-6-12)17(23)24/h2-10H,11H2,1H3,(H,21,27)(H,23,24)/p-1/b19-10-. The fourth-order valence-electron chi connectivity index (χ4n) is 2.21. The molecule has 0 amide bonds. The highest BCUT2D eigenvalue weighted by Gasteiger charge is 2.07. The van der Waals surface area contributed by atoms with E-state index < -0.39 is 5.97 Å². The number of aromatic carboxylic acids is 1. The molecule has 0 spiro atoms. The van der Waals surface area contributed by atoms with Gasteiger partial charge in [-0.1, -0.05) is 30.3 Å². The van der Waals surface area contributed by atoms with Gasteiger partial charge in [-0.15, -0.1) is 0 Å². The van der Waals surface area contributed by atoms with Crippen molar-refractivity contribution in [2.24, 2.45) is 5.10 Å². The van der Waals surface area contributed by atoms with Crippen molar-refractivity contribution in [3.05, 3.63) is 70.3 Å². The highest BCUT2D eigenvalue weighted by atomic mass is 32.1. The van der Waals surface area contributed by atoms with Gasteiger partial charge in [-0.05, 0) is 35.5 Å². The van der Waals surface area contributed by atoms with Gasteiger partial charge in [-0.25, -0.2) is 5.10 Å². The molecule has 0 saturated carbocycles. The molecular weight excluding hydrogens is 368 g/mol. The summed E-state index contributed by atoms with van der Waals surface area (Å²) in [5.41, 5.74) is 0.794. The molecule has 0 aliphatic heterocycles. The highest BCUT2D eigenvalue weighted by Crippen LogP contribution is 2.19. The maximum atomic E-state index is 10.8. The normalized spacial score (nSPS) is 10.9. The number of carbonyl (C=O) groups is 1. The van der Waals surface area contributed by atoms with Crippen LogP contribution in [0.25, 0.3) is 0 Å². The molecule has 3 aromatic rings. The number of aromatic amines is 1. The van der Waals surface area contributed by atoms with E-state index in [-0.39, 0.29) is 12.2 Å². The van der Waals surface area contributed by atoms with Crippen LogP contribution in [0.2, 0.25) is 0 Å². The Morgan fingerprint density at radius 2 is 2.04 bits per heavy atom. The van der Waals surface area contributed by atoms with Crippen LogP contribution in [0.15, 0.2) is 53.6 Å². The van der Waals surface area contributed by atoms with E-state index in [1.54, 1.807) is 37.6 Å². The molecule has 0 atom stereocenters. The smallest absolute Gasteiger partial charge is 0.216 e. The zero-order valence-corrected chi connectivity index (χ0v) is 15.1. The lowest BCUT2D eigenvalue weighted by molar-refractivity contribution is -0.255. The maximum absolute atomic E-state index is 10.8. The molecule has 8 nitrogen and oxygen atoms in total. The second-order valence-electron chi connectivity index (χ2n) is 5.38. The molecule has 9 heteroatoms. The van der Waals surface area contributed by atoms with Crippen LogP contribution in [0, 0.1) is 4.77 Å². The van der Waals surface area contributed by atoms with Gasteiger partial charge in [0.1, 0.15) is 18.1 Å². The summed E-state index contributed by atoms with van der Waals surface area (Å²) in [6.45, 7) is 0.140. The van der Waals surface area contributed by atoms with Crippen LogP contribution in [0.3, 0.4) is 0 Å². The predicted molar refractivity (Wildman–Crippen MR) is 98.5 cm³/mol. The number of methoxy groups -OCH3 is 1. The summed E-state index contributed by atoms with van der Waals surface area (Å²) in [4.78, 5) is 10.8. The Hall–Kier alpha value is -3.46. The van der Waals surface area contributed by atoms with E-state index in [4.69, 9.17) is 21.7 Å². The Morgan fingerprint density at radius 1 is 1.30 bits per heavy atom. The van der Waals surface area contributed by atoms with Crippen molar-refractivity contribution < 1.29 is 19.4 Å². The zero-order valence-electron chi connectivity index (χ0n) is 14.3. The third-order valence-electron chi connectivity index (χ3n) is 3.60. The number of hydrogen-bond acceptors (Lipinski definition) is 7. The lowest BCUT2D eigenvalue weighted by Crippen LogP contribution is -2.21. The number of rotatable bonds is 7. The largest absolute Gasteiger partial charge is 0.545 e. The third kappa shape index (κ3) is 4.59. The van der Waals surface area contributed by atoms with E-state index >= 15 is 0 Å². The fraction of sp³-hybridized carbons (Fsp3) is 0.111. The highest BCUT2D eigenvalue weighted by molar-refractivity contribution is 7.71. The summed E-state index contributed by atoms with van der Waals surface area (Å²) >= 11 is 5.18. The minimum atomic E-state index is -1.23. The second kappa shape index (κ2) is 8.28. The topological polar surface area (TPSA) is 105 Å². The summed E-state index contributed by atoms with van der Waals surface area (Å²) in [6.07, 6.45) is 1.54. The molecule has 0 aliphatic rings. The Kier molecular flexibility index (Phi) is 5.62. The first-order valence-corrected chi connectivity index (χ1v) is 8.26. The molecule has 27 heavy (non-hydrogen) atoms. The number of H-pyrrole nitrogens is 1. The molecule has 0 bridgehead atoms. The number of ether oxygens (including phenoxy) is 2. The molecule has 3 rings (SSSR count). The number of carboxylic acids is 1. The van der Waals surface area contributed by atoms with Crippen molar-refractivity contribution in [3.8, 4) is 11.5 Å². The van der Waals surface area contributed by atoms with Crippen molar-refractivity contribution in [2.45, 2.75) is 6.61 Å². The molecule has 2 aromatic carbocycles. The summed E-state index contributed by atoms with van der Waals surface area (Å²) in [5, 5.41) is 21.8. The van der Waals surface area contributed by atoms with Gasteiger partial charge in [0.05, 0.1) is 19.3 Å². The lowest BCUT2D eigenvalue weighted by Gasteiger charge is -2.07. The predicted octanol–water partition coefficient (Wildman–Crippen LogP) is 1.77. The zero-order chi connectivity index (χ0) is 19.2. The quantitative estimate of drug-likeness (QED) is 0.493. The Balaban J connectivity index is 1.74.